The van der Waals surface area contributed by atoms with Crippen LogP contribution in [0.3, 0.4) is 0 Å². The molecule has 0 spiro atoms. The van der Waals surface area contributed by atoms with E-state index in [9.17, 15) is 5.11 Å². The van der Waals surface area contributed by atoms with Gasteiger partial charge in [-0.3, -0.25) is 0 Å². The Morgan fingerprint density at radius 3 is 2.24 bits per heavy atom. The number of ether oxygens (including phenoxy) is 2. The van der Waals surface area contributed by atoms with E-state index in [1.54, 1.807) is 30.3 Å². The molecule has 2 aromatic rings. The van der Waals surface area contributed by atoms with E-state index in [0.717, 1.165) is 11.1 Å². The fraction of sp³-hybridized carbons (Fsp3) is 0.250. The monoisotopic (exact) mass is 326 g/mol. The number of aliphatic hydroxyl groups is 1. The SMILES string of the molecule is COc1ccc(C(O)c2ccc(Cl)cc2C)c(OC)c1Cl. The Balaban J connectivity index is 2.52. The third-order valence-electron chi connectivity index (χ3n) is 3.34. The van der Waals surface area contributed by atoms with Crippen LogP contribution in [0.1, 0.15) is 22.8 Å². The van der Waals surface area contributed by atoms with Crippen LogP contribution in [0.15, 0.2) is 30.3 Å². The topological polar surface area (TPSA) is 38.7 Å². The van der Waals surface area contributed by atoms with E-state index in [1.165, 1.54) is 14.2 Å². The molecule has 0 fully saturated rings. The largest absolute Gasteiger partial charge is 0.495 e. The van der Waals surface area contributed by atoms with Crippen LogP contribution in [0.5, 0.6) is 11.5 Å². The van der Waals surface area contributed by atoms with E-state index < -0.39 is 6.10 Å². The maximum absolute atomic E-state index is 10.6. The van der Waals surface area contributed by atoms with Gasteiger partial charge in [0.15, 0.2) is 0 Å². The Kier molecular flexibility index (Phi) is 4.99. The van der Waals surface area contributed by atoms with Crippen LogP contribution < -0.4 is 9.47 Å². The first kappa shape index (κ1) is 16.0. The normalized spacial score (nSPS) is 12.1. The highest BCUT2D eigenvalue weighted by molar-refractivity contribution is 6.33. The van der Waals surface area contributed by atoms with Crippen molar-refractivity contribution in [1.29, 1.82) is 0 Å². The maximum Gasteiger partial charge on any atom is 0.147 e. The molecule has 0 aliphatic carbocycles. The molecule has 21 heavy (non-hydrogen) atoms. The Morgan fingerprint density at radius 2 is 1.67 bits per heavy atom. The van der Waals surface area contributed by atoms with Crippen molar-refractivity contribution in [3.05, 3.63) is 57.1 Å². The average Bonchev–Trinajstić information content (AvgIpc) is 2.46. The number of benzene rings is 2. The van der Waals surface area contributed by atoms with Gasteiger partial charge in [0, 0.05) is 10.6 Å². The fourth-order valence-corrected chi connectivity index (χ4v) is 2.80. The van der Waals surface area contributed by atoms with Gasteiger partial charge in [0.25, 0.3) is 0 Å². The summed E-state index contributed by atoms with van der Waals surface area (Å²) in [7, 11) is 3.03. The van der Waals surface area contributed by atoms with Gasteiger partial charge in [0.2, 0.25) is 0 Å². The number of rotatable bonds is 4. The van der Waals surface area contributed by atoms with E-state index in [0.29, 0.717) is 27.1 Å². The van der Waals surface area contributed by atoms with Gasteiger partial charge < -0.3 is 14.6 Å². The van der Waals surface area contributed by atoms with Crippen LogP contribution in [0.25, 0.3) is 0 Å². The van der Waals surface area contributed by atoms with Crippen molar-refractivity contribution in [1.82, 2.24) is 0 Å². The van der Waals surface area contributed by atoms with E-state index in [1.807, 2.05) is 6.92 Å². The molecule has 0 aromatic heterocycles. The van der Waals surface area contributed by atoms with Gasteiger partial charge in [0.1, 0.15) is 22.6 Å². The van der Waals surface area contributed by atoms with Crippen LogP contribution in [-0.2, 0) is 0 Å². The number of methoxy groups -OCH3 is 2. The molecule has 112 valence electrons. The maximum atomic E-state index is 10.6. The summed E-state index contributed by atoms with van der Waals surface area (Å²) in [6, 6.07) is 8.78. The van der Waals surface area contributed by atoms with Gasteiger partial charge in [-0.1, -0.05) is 29.3 Å². The number of hydrogen-bond donors (Lipinski definition) is 1. The number of aryl methyl sites for hydroxylation is 1. The molecule has 0 radical (unpaired) electrons. The predicted molar refractivity (Wildman–Crippen MR) is 84.8 cm³/mol. The van der Waals surface area contributed by atoms with Crippen molar-refractivity contribution in [2.45, 2.75) is 13.0 Å². The van der Waals surface area contributed by atoms with E-state index in [4.69, 9.17) is 32.7 Å². The van der Waals surface area contributed by atoms with E-state index in [2.05, 4.69) is 0 Å². The summed E-state index contributed by atoms with van der Waals surface area (Å²) < 4.78 is 10.5. The summed E-state index contributed by atoms with van der Waals surface area (Å²) in [4.78, 5) is 0. The lowest BCUT2D eigenvalue weighted by Gasteiger charge is -2.19. The van der Waals surface area contributed by atoms with E-state index >= 15 is 0 Å². The second-order valence-electron chi connectivity index (χ2n) is 4.61. The number of aliphatic hydroxyl groups excluding tert-OH is 1. The van der Waals surface area contributed by atoms with Gasteiger partial charge in [-0.2, -0.15) is 0 Å². The smallest absolute Gasteiger partial charge is 0.147 e. The first-order valence-electron chi connectivity index (χ1n) is 6.34. The molecular weight excluding hydrogens is 311 g/mol. The molecule has 2 rings (SSSR count). The average molecular weight is 327 g/mol. The third kappa shape index (κ3) is 3.10. The van der Waals surface area contributed by atoms with Crippen molar-refractivity contribution in [3.8, 4) is 11.5 Å². The van der Waals surface area contributed by atoms with Crippen molar-refractivity contribution in [2.75, 3.05) is 14.2 Å². The van der Waals surface area contributed by atoms with Crippen molar-refractivity contribution < 1.29 is 14.6 Å². The highest BCUT2D eigenvalue weighted by atomic mass is 35.5. The molecule has 0 saturated heterocycles. The summed E-state index contributed by atoms with van der Waals surface area (Å²) in [6.07, 6.45) is -0.861. The minimum Gasteiger partial charge on any atom is -0.495 e. The highest BCUT2D eigenvalue weighted by Gasteiger charge is 2.21. The van der Waals surface area contributed by atoms with Gasteiger partial charge in [-0.25, -0.2) is 0 Å². The lowest BCUT2D eigenvalue weighted by molar-refractivity contribution is 0.214. The summed E-state index contributed by atoms with van der Waals surface area (Å²) in [6.45, 7) is 1.89. The summed E-state index contributed by atoms with van der Waals surface area (Å²) in [5, 5.41) is 11.6. The second-order valence-corrected chi connectivity index (χ2v) is 5.42. The molecule has 1 unspecified atom stereocenters. The Hall–Kier alpha value is -1.42. The zero-order valence-corrected chi connectivity index (χ0v) is 13.5. The minimum absolute atomic E-state index is 0.336. The molecule has 2 aromatic carbocycles. The van der Waals surface area contributed by atoms with E-state index in [-0.39, 0.29) is 0 Å². The quantitative estimate of drug-likeness (QED) is 0.904. The van der Waals surface area contributed by atoms with Gasteiger partial charge >= 0.3 is 0 Å². The molecule has 0 saturated carbocycles. The first-order chi connectivity index (χ1) is 9.99. The number of hydrogen-bond acceptors (Lipinski definition) is 3. The standard InChI is InChI=1S/C16H16Cl2O3/c1-9-8-10(17)4-5-11(9)15(19)12-6-7-13(20-2)14(18)16(12)21-3/h4-8,15,19H,1-3H3. The molecule has 1 atom stereocenters. The molecule has 5 heteroatoms. The molecule has 0 aliphatic heterocycles. The Bertz CT molecular complexity index is 656. The molecule has 1 N–H and O–H groups in total. The molecule has 0 heterocycles. The second kappa shape index (κ2) is 6.56. The third-order valence-corrected chi connectivity index (χ3v) is 3.93. The number of halogens is 2. The summed E-state index contributed by atoms with van der Waals surface area (Å²) in [5.74, 6) is 0.898. The van der Waals surface area contributed by atoms with Crippen molar-refractivity contribution in [2.24, 2.45) is 0 Å². The summed E-state index contributed by atoms with van der Waals surface area (Å²) >= 11 is 12.2. The van der Waals surface area contributed by atoms with Gasteiger partial charge in [-0.15, -0.1) is 0 Å². The molecule has 0 bridgehead atoms. The van der Waals surface area contributed by atoms with Crippen molar-refractivity contribution >= 4 is 23.2 Å². The summed E-state index contributed by atoms with van der Waals surface area (Å²) in [5.41, 5.74) is 2.22. The highest BCUT2D eigenvalue weighted by Crippen LogP contribution is 2.41. The Labute approximate surface area is 134 Å². The van der Waals surface area contributed by atoms with Crippen LogP contribution in [-0.4, -0.2) is 19.3 Å². The Morgan fingerprint density at radius 1 is 1.00 bits per heavy atom. The zero-order valence-electron chi connectivity index (χ0n) is 12.0. The zero-order chi connectivity index (χ0) is 15.6. The van der Waals surface area contributed by atoms with Crippen LogP contribution >= 0.6 is 23.2 Å². The van der Waals surface area contributed by atoms with Gasteiger partial charge in [0.05, 0.1) is 14.2 Å². The van der Waals surface area contributed by atoms with Gasteiger partial charge in [-0.05, 0) is 42.3 Å². The minimum atomic E-state index is -0.861. The predicted octanol–water partition coefficient (Wildman–Crippen LogP) is 4.40. The lowest BCUT2D eigenvalue weighted by Crippen LogP contribution is -2.05. The van der Waals surface area contributed by atoms with Crippen LogP contribution in [0, 0.1) is 6.92 Å². The van der Waals surface area contributed by atoms with Crippen LogP contribution in [0.4, 0.5) is 0 Å². The lowest BCUT2D eigenvalue weighted by atomic mass is 9.96. The molecular formula is C16H16Cl2O3. The van der Waals surface area contributed by atoms with Crippen molar-refractivity contribution in [3.63, 3.8) is 0 Å². The molecule has 0 amide bonds. The fourth-order valence-electron chi connectivity index (χ4n) is 2.25. The molecule has 3 nitrogen and oxygen atoms in total. The first-order valence-corrected chi connectivity index (χ1v) is 7.09. The van der Waals surface area contributed by atoms with Crippen LogP contribution in [0.2, 0.25) is 10.0 Å². The molecule has 0 aliphatic rings.